The Bertz CT molecular complexity index is 279. The minimum Gasteiger partial charge on any atom is -0.0817 e. The van der Waals surface area contributed by atoms with Crippen LogP contribution in [-0.2, 0) is 0 Å². The van der Waals surface area contributed by atoms with E-state index in [2.05, 4.69) is 58.8 Å². The van der Waals surface area contributed by atoms with Gasteiger partial charge in [-0.1, -0.05) is 94.9 Å². The average molecular weight is 232 g/mol. The zero-order chi connectivity index (χ0) is 13.1. The largest absolute Gasteiger partial charge is 0.173 e. The third-order valence-corrected chi connectivity index (χ3v) is 3.21. The van der Waals surface area contributed by atoms with Crippen molar-refractivity contribution in [2.24, 2.45) is 0 Å². The molecule has 1 heteroatoms. The van der Waals surface area contributed by atoms with Crippen molar-refractivity contribution in [3.8, 4) is 0 Å². The van der Waals surface area contributed by atoms with Crippen LogP contribution in [0.1, 0.15) is 52.0 Å². The highest BCUT2D eigenvalue weighted by Crippen LogP contribution is 2.04. The second-order valence-corrected chi connectivity index (χ2v) is 4.90. The fraction of sp³-hybridized carbons (Fsp3) is 0.625. The number of unbranched alkanes of at least 4 members (excludes halogenated alkanes) is 2. The standard InChI is InChI=1S/C12H19B.C4H10/c1-4-5-10-13(3)12-9-7-6-8-11(12)2;1-3-4-2/h6-9H,4-5,10H2,1-3H3;3-4H2,1-2H3. The third-order valence-electron chi connectivity index (χ3n) is 3.21. The Kier molecular flexibility index (Phi) is 10.0. The summed E-state index contributed by atoms with van der Waals surface area (Å²) in [5.74, 6) is 0. The molecule has 0 nitrogen and oxygen atoms in total. The predicted molar refractivity (Wildman–Crippen MR) is 82.7 cm³/mol. The van der Waals surface area contributed by atoms with Crippen LogP contribution in [0.2, 0.25) is 13.1 Å². The van der Waals surface area contributed by atoms with Crippen molar-refractivity contribution in [1.29, 1.82) is 0 Å². The molecule has 96 valence electrons. The van der Waals surface area contributed by atoms with E-state index < -0.39 is 0 Å². The molecule has 0 amide bonds. The molecule has 0 aliphatic heterocycles. The molecule has 17 heavy (non-hydrogen) atoms. The molecule has 0 heterocycles. The highest BCUT2D eigenvalue weighted by molar-refractivity contribution is 6.72. The minimum atomic E-state index is 0.723. The van der Waals surface area contributed by atoms with Crippen molar-refractivity contribution < 1.29 is 0 Å². The van der Waals surface area contributed by atoms with Crippen LogP contribution in [0.15, 0.2) is 24.3 Å². The van der Waals surface area contributed by atoms with Crippen LogP contribution >= 0.6 is 0 Å². The summed E-state index contributed by atoms with van der Waals surface area (Å²) in [5.41, 5.74) is 2.96. The molecule has 0 aromatic heterocycles. The number of benzene rings is 1. The topological polar surface area (TPSA) is 0 Å². The normalized spacial score (nSPS) is 9.47. The fourth-order valence-electron chi connectivity index (χ4n) is 1.81. The van der Waals surface area contributed by atoms with Crippen LogP contribution in [0.5, 0.6) is 0 Å². The summed E-state index contributed by atoms with van der Waals surface area (Å²) in [6.07, 6.45) is 6.60. The molecule has 0 fully saturated rings. The molecule has 0 spiro atoms. The van der Waals surface area contributed by atoms with Gasteiger partial charge >= 0.3 is 0 Å². The van der Waals surface area contributed by atoms with E-state index in [1.165, 1.54) is 43.0 Å². The lowest BCUT2D eigenvalue weighted by Crippen LogP contribution is -2.28. The van der Waals surface area contributed by atoms with Gasteiger partial charge in [0.1, 0.15) is 0 Å². The molecule has 0 bridgehead atoms. The molecule has 0 radical (unpaired) electrons. The van der Waals surface area contributed by atoms with Gasteiger partial charge in [0, 0.05) is 0 Å². The van der Waals surface area contributed by atoms with Crippen molar-refractivity contribution in [1.82, 2.24) is 0 Å². The molecule has 1 aromatic carbocycles. The number of rotatable bonds is 5. The molecule has 0 unspecified atom stereocenters. The van der Waals surface area contributed by atoms with Crippen LogP contribution < -0.4 is 5.46 Å². The van der Waals surface area contributed by atoms with Crippen molar-refractivity contribution in [3.05, 3.63) is 29.8 Å². The van der Waals surface area contributed by atoms with Gasteiger partial charge in [0.15, 0.2) is 6.71 Å². The van der Waals surface area contributed by atoms with Gasteiger partial charge in [-0.25, -0.2) is 0 Å². The quantitative estimate of drug-likeness (QED) is 0.631. The van der Waals surface area contributed by atoms with Gasteiger partial charge in [-0.05, 0) is 6.92 Å². The van der Waals surface area contributed by atoms with E-state index in [0.29, 0.717) is 0 Å². The Balaban J connectivity index is 0.000000557. The van der Waals surface area contributed by atoms with Crippen LogP contribution in [0.3, 0.4) is 0 Å². The first kappa shape index (κ1) is 16.3. The minimum absolute atomic E-state index is 0.723. The average Bonchev–Trinajstić information content (AvgIpc) is 2.37. The van der Waals surface area contributed by atoms with Gasteiger partial charge in [0.05, 0.1) is 0 Å². The lowest BCUT2D eigenvalue weighted by Gasteiger charge is -2.10. The van der Waals surface area contributed by atoms with Gasteiger partial charge in [-0.3, -0.25) is 0 Å². The molecule has 0 aliphatic carbocycles. The smallest absolute Gasteiger partial charge is 0.0817 e. The maximum atomic E-state index is 2.33. The van der Waals surface area contributed by atoms with Gasteiger partial charge < -0.3 is 0 Å². The Labute approximate surface area is 109 Å². The van der Waals surface area contributed by atoms with Crippen LogP contribution in [0.4, 0.5) is 0 Å². The molecule has 0 saturated carbocycles. The van der Waals surface area contributed by atoms with E-state index in [1.54, 1.807) is 0 Å². The number of hydrogen-bond donors (Lipinski definition) is 0. The monoisotopic (exact) mass is 232 g/mol. The van der Waals surface area contributed by atoms with Crippen molar-refractivity contribution >= 4 is 12.2 Å². The van der Waals surface area contributed by atoms with E-state index in [0.717, 1.165) is 6.71 Å². The predicted octanol–water partition coefficient (Wildman–Crippen LogP) is 4.93. The SMILES string of the molecule is CCCC.CCCCB(C)c1ccccc1C. The first-order valence-corrected chi connectivity index (χ1v) is 7.22. The van der Waals surface area contributed by atoms with E-state index in [4.69, 9.17) is 0 Å². The van der Waals surface area contributed by atoms with Gasteiger partial charge in [-0.2, -0.15) is 0 Å². The van der Waals surface area contributed by atoms with Crippen molar-refractivity contribution in [2.75, 3.05) is 0 Å². The summed E-state index contributed by atoms with van der Waals surface area (Å²) >= 11 is 0. The Morgan fingerprint density at radius 1 is 0.941 bits per heavy atom. The lowest BCUT2D eigenvalue weighted by atomic mass is 9.43. The van der Waals surface area contributed by atoms with E-state index >= 15 is 0 Å². The number of aryl methyl sites for hydroxylation is 1. The maximum absolute atomic E-state index is 2.33. The van der Waals surface area contributed by atoms with Crippen LogP contribution in [-0.4, -0.2) is 6.71 Å². The summed E-state index contributed by atoms with van der Waals surface area (Å²) in [6.45, 7) is 11.9. The maximum Gasteiger partial charge on any atom is 0.173 e. The highest BCUT2D eigenvalue weighted by Gasteiger charge is 2.10. The first-order chi connectivity index (χ1) is 8.17. The summed E-state index contributed by atoms with van der Waals surface area (Å²) in [6, 6.07) is 8.73. The third kappa shape index (κ3) is 7.25. The Morgan fingerprint density at radius 2 is 1.53 bits per heavy atom. The molecular formula is C16H29B. The number of hydrogen-bond acceptors (Lipinski definition) is 0. The van der Waals surface area contributed by atoms with Crippen molar-refractivity contribution in [3.63, 3.8) is 0 Å². The molecule has 0 atom stereocenters. The van der Waals surface area contributed by atoms with E-state index in [9.17, 15) is 0 Å². The van der Waals surface area contributed by atoms with Gasteiger partial charge in [0.2, 0.25) is 0 Å². The Hall–Kier alpha value is -0.715. The molecule has 1 aromatic rings. The summed E-state index contributed by atoms with van der Waals surface area (Å²) in [5, 5.41) is 0. The summed E-state index contributed by atoms with van der Waals surface area (Å²) < 4.78 is 0. The van der Waals surface area contributed by atoms with Crippen LogP contribution in [0, 0.1) is 6.92 Å². The summed E-state index contributed by atoms with van der Waals surface area (Å²) in [4.78, 5) is 0. The molecule has 0 saturated heterocycles. The van der Waals surface area contributed by atoms with Gasteiger partial charge in [-0.15, -0.1) is 0 Å². The first-order valence-electron chi connectivity index (χ1n) is 7.22. The lowest BCUT2D eigenvalue weighted by molar-refractivity contribution is 0.876. The molecule has 0 N–H and O–H groups in total. The van der Waals surface area contributed by atoms with E-state index in [-0.39, 0.29) is 0 Å². The van der Waals surface area contributed by atoms with E-state index in [1.807, 2.05) is 0 Å². The molecule has 0 aliphatic rings. The zero-order valence-corrected chi connectivity index (χ0v) is 12.4. The van der Waals surface area contributed by atoms with Gasteiger partial charge in [0.25, 0.3) is 0 Å². The molecular weight excluding hydrogens is 203 g/mol. The fourth-order valence-corrected chi connectivity index (χ4v) is 1.81. The summed E-state index contributed by atoms with van der Waals surface area (Å²) in [7, 11) is 0. The second-order valence-electron chi connectivity index (χ2n) is 4.90. The van der Waals surface area contributed by atoms with Crippen LogP contribution in [0.25, 0.3) is 0 Å². The second kappa shape index (κ2) is 10.4. The van der Waals surface area contributed by atoms with Crippen molar-refractivity contribution in [2.45, 2.75) is 66.5 Å². The zero-order valence-electron chi connectivity index (χ0n) is 12.4. The highest BCUT2D eigenvalue weighted by atomic mass is 13.9. The Morgan fingerprint density at radius 3 is 2.00 bits per heavy atom. The molecule has 1 rings (SSSR count).